The van der Waals surface area contributed by atoms with Crippen LogP contribution in [0.5, 0.6) is 5.75 Å². The van der Waals surface area contributed by atoms with Crippen LogP contribution in [0, 0.1) is 0 Å². The van der Waals surface area contributed by atoms with Crippen LogP contribution >= 0.6 is 0 Å². The van der Waals surface area contributed by atoms with Crippen LogP contribution in [0.1, 0.15) is 25.3 Å². The number of pyridine rings is 2. The van der Waals surface area contributed by atoms with E-state index >= 15 is 0 Å². The number of hydrogen-bond acceptors (Lipinski definition) is 4. The number of likely N-dealkylation sites (N-methyl/N-ethyl adjacent to an activating group) is 1. The average molecular weight is 289 g/mol. The Morgan fingerprint density at radius 1 is 1.38 bits per heavy atom. The summed E-state index contributed by atoms with van der Waals surface area (Å²) >= 11 is 0. The second-order valence-electron chi connectivity index (χ2n) is 5.57. The van der Waals surface area contributed by atoms with Gasteiger partial charge in [-0.1, -0.05) is 13.3 Å². The van der Waals surface area contributed by atoms with E-state index in [1.807, 2.05) is 25.1 Å². The standard InChI is InChI=1S/C16H23N3O2/c1-4-5-7-13-14(20)12-8-6-9-17-15(12)19(16(13)21)11-10-18(2)3/h6,8-9,20H,4-5,7,10-11H2,1-3H3. The van der Waals surface area contributed by atoms with Crippen LogP contribution < -0.4 is 5.56 Å². The summed E-state index contributed by atoms with van der Waals surface area (Å²) in [5, 5.41) is 11.0. The molecule has 0 spiro atoms. The van der Waals surface area contributed by atoms with Gasteiger partial charge in [0.05, 0.1) is 10.9 Å². The van der Waals surface area contributed by atoms with E-state index in [2.05, 4.69) is 11.9 Å². The van der Waals surface area contributed by atoms with Gasteiger partial charge in [-0.05, 0) is 39.1 Å². The van der Waals surface area contributed by atoms with Gasteiger partial charge in [-0.2, -0.15) is 0 Å². The van der Waals surface area contributed by atoms with Crippen molar-refractivity contribution in [3.05, 3.63) is 34.2 Å². The maximum Gasteiger partial charge on any atom is 0.259 e. The fourth-order valence-corrected chi connectivity index (χ4v) is 2.41. The SMILES string of the molecule is CCCCc1c(O)c2cccnc2n(CCN(C)C)c1=O. The third kappa shape index (κ3) is 3.24. The highest BCUT2D eigenvalue weighted by Gasteiger charge is 2.16. The number of fused-ring (bicyclic) bond motifs is 1. The highest BCUT2D eigenvalue weighted by molar-refractivity contribution is 5.83. The van der Waals surface area contributed by atoms with Crippen molar-refractivity contribution in [2.45, 2.75) is 32.7 Å². The largest absolute Gasteiger partial charge is 0.507 e. The predicted octanol–water partition coefficient (Wildman–Crippen LogP) is 2.01. The number of nitrogens with zero attached hydrogens (tertiary/aromatic N) is 3. The molecule has 1 N–H and O–H groups in total. The summed E-state index contributed by atoms with van der Waals surface area (Å²) in [5.41, 5.74) is 0.951. The Morgan fingerprint density at radius 2 is 2.14 bits per heavy atom. The molecule has 0 unspecified atom stereocenters. The van der Waals surface area contributed by atoms with Gasteiger partial charge in [0.25, 0.3) is 5.56 Å². The predicted molar refractivity (Wildman–Crippen MR) is 84.8 cm³/mol. The van der Waals surface area contributed by atoms with Crippen molar-refractivity contribution in [1.29, 1.82) is 0 Å². The van der Waals surface area contributed by atoms with Crippen molar-refractivity contribution in [1.82, 2.24) is 14.5 Å². The lowest BCUT2D eigenvalue weighted by molar-refractivity contribution is 0.382. The number of aromatic nitrogens is 2. The van der Waals surface area contributed by atoms with Crippen LogP contribution in [0.4, 0.5) is 0 Å². The molecule has 0 saturated carbocycles. The Balaban J connectivity index is 2.60. The minimum absolute atomic E-state index is 0.0950. The second-order valence-corrected chi connectivity index (χ2v) is 5.57. The van der Waals surface area contributed by atoms with E-state index in [1.165, 1.54) is 0 Å². The third-order valence-electron chi connectivity index (χ3n) is 3.64. The van der Waals surface area contributed by atoms with Gasteiger partial charge in [0.15, 0.2) is 0 Å². The lowest BCUT2D eigenvalue weighted by Crippen LogP contribution is -2.29. The van der Waals surface area contributed by atoms with Gasteiger partial charge in [0, 0.05) is 19.3 Å². The van der Waals surface area contributed by atoms with E-state index in [9.17, 15) is 9.90 Å². The zero-order valence-corrected chi connectivity index (χ0v) is 13.0. The highest BCUT2D eigenvalue weighted by Crippen LogP contribution is 2.25. The van der Waals surface area contributed by atoms with Crippen molar-refractivity contribution in [2.75, 3.05) is 20.6 Å². The van der Waals surface area contributed by atoms with Crippen LogP contribution in [0.2, 0.25) is 0 Å². The first kappa shape index (κ1) is 15.5. The van der Waals surface area contributed by atoms with Gasteiger partial charge < -0.3 is 10.0 Å². The molecule has 0 amide bonds. The molecule has 21 heavy (non-hydrogen) atoms. The first-order valence-electron chi connectivity index (χ1n) is 7.40. The number of hydrogen-bond donors (Lipinski definition) is 1. The summed E-state index contributed by atoms with van der Waals surface area (Å²) in [5.74, 6) is 0.0950. The first-order valence-corrected chi connectivity index (χ1v) is 7.40. The molecule has 0 saturated heterocycles. The van der Waals surface area contributed by atoms with E-state index in [0.29, 0.717) is 29.6 Å². The molecule has 0 radical (unpaired) electrons. The number of rotatable bonds is 6. The Kier molecular flexibility index (Phi) is 4.96. The van der Waals surface area contributed by atoms with Crippen molar-refractivity contribution in [3.8, 4) is 5.75 Å². The smallest absolute Gasteiger partial charge is 0.259 e. The molecule has 2 rings (SSSR count). The van der Waals surface area contributed by atoms with Crippen molar-refractivity contribution in [3.63, 3.8) is 0 Å². The fraction of sp³-hybridized carbons (Fsp3) is 0.500. The van der Waals surface area contributed by atoms with Crippen molar-refractivity contribution >= 4 is 11.0 Å². The lowest BCUT2D eigenvalue weighted by atomic mass is 10.1. The van der Waals surface area contributed by atoms with Gasteiger partial charge >= 0.3 is 0 Å². The van der Waals surface area contributed by atoms with E-state index in [1.54, 1.807) is 16.8 Å². The Hall–Kier alpha value is -1.88. The number of aromatic hydroxyl groups is 1. The minimum Gasteiger partial charge on any atom is -0.507 e. The van der Waals surface area contributed by atoms with Crippen LogP contribution in [-0.2, 0) is 13.0 Å². The molecule has 0 aromatic carbocycles. The molecule has 0 aliphatic heterocycles. The topological polar surface area (TPSA) is 58.4 Å². The molecule has 2 aromatic heterocycles. The summed E-state index contributed by atoms with van der Waals surface area (Å²) in [4.78, 5) is 19.0. The van der Waals surface area contributed by atoms with Crippen molar-refractivity contribution < 1.29 is 5.11 Å². The molecule has 0 aliphatic rings. The van der Waals surface area contributed by atoms with Crippen LogP contribution in [0.25, 0.3) is 11.0 Å². The van der Waals surface area contributed by atoms with Crippen LogP contribution in [-0.4, -0.2) is 40.2 Å². The van der Waals surface area contributed by atoms with Gasteiger partial charge in [0.2, 0.25) is 0 Å². The third-order valence-corrected chi connectivity index (χ3v) is 3.64. The highest BCUT2D eigenvalue weighted by atomic mass is 16.3. The molecule has 5 nitrogen and oxygen atoms in total. The molecular formula is C16H23N3O2. The molecule has 2 aromatic rings. The van der Waals surface area contributed by atoms with Gasteiger partial charge in [-0.25, -0.2) is 4.98 Å². The average Bonchev–Trinajstić information content (AvgIpc) is 2.47. The van der Waals surface area contributed by atoms with Gasteiger partial charge in [0.1, 0.15) is 11.4 Å². The summed E-state index contributed by atoms with van der Waals surface area (Å²) in [6.45, 7) is 3.40. The zero-order valence-electron chi connectivity index (χ0n) is 13.0. The lowest BCUT2D eigenvalue weighted by Gasteiger charge is -2.16. The molecule has 0 fully saturated rings. The van der Waals surface area contributed by atoms with Crippen molar-refractivity contribution in [2.24, 2.45) is 0 Å². The number of unbranched alkanes of at least 4 members (excludes halogenated alkanes) is 1. The summed E-state index contributed by atoms with van der Waals surface area (Å²) in [6.07, 6.45) is 4.14. The molecule has 114 valence electrons. The summed E-state index contributed by atoms with van der Waals surface area (Å²) < 4.78 is 1.68. The molecular weight excluding hydrogens is 266 g/mol. The monoisotopic (exact) mass is 289 g/mol. The van der Waals surface area contributed by atoms with Gasteiger partial charge in [-0.15, -0.1) is 0 Å². The molecule has 0 bridgehead atoms. The zero-order chi connectivity index (χ0) is 15.4. The van der Waals surface area contributed by atoms with Gasteiger partial charge in [-0.3, -0.25) is 9.36 Å². The van der Waals surface area contributed by atoms with E-state index in [0.717, 1.165) is 19.4 Å². The molecule has 5 heteroatoms. The second kappa shape index (κ2) is 6.72. The fourth-order valence-electron chi connectivity index (χ4n) is 2.41. The molecule has 2 heterocycles. The quantitative estimate of drug-likeness (QED) is 0.883. The van der Waals surface area contributed by atoms with Crippen LogP contribution in [0.3, 0.4) is 0 Å². The maximum atomic E-state index is 12.7. The normalized spacial score (nSPS) is 11.4. The Bertz CT molecular complexity index is 677. The first-order chi connectivity index (χ1) is 10.1. The Morgan fingerprint density at radius 3 is 2.81 bits per heavy atom. The molecule has 0 atom stereocenters. The minimum atomic E-state index is -0.117. The summed E-state index contributed by atoms with van der Waals surface area (Å²) in [6, 6.07) is 3.60. The van der Waals surface area contributed by atoms with E-state index in [-0.39, 0.29) is 11.3 Å². The Labute approximate surface area is 124 Å². The molecule has 0 aliphatic carbocycles. The maximum absolute atomic E-state index is 12.7. The van der Waals surface area contributed by atoms with Crippen LogP contribution in [0.15, 0.2) is 23.1 Å². The summed E-state index contributed by atoms with van der Waals surface area (Å²) in [7, 11) is 3.94. The van der Waals surface area contributed by atoms with E-state index < -0.39 is 0 Å². The van der Waals surface area contributed by atoms with E-state index in [4.69, 9.17) is 0 Å².